The summed E-state index contributed by atoms with van der Waals surface area (Å²) in [7, 11) is 4.74. The molecule has 1 aromatic heterocycles. The minimum Gasteiger partial charge on any atom is -0.508 e. The van der Waals surface area contributed by atoms with Crippen molar-refractivity contribution >= 4 is 25.6 Å². The second kappa shape index (κ2) is 11.9. The zero-order valence-electron chi connectivity index (χ0n) is 30.3. The number of hydrogen-bond acceptors (Lipinski definition) is 10. The van der Waals surface area contributed by atoms with Crippen LogP contribution in [0, 0.1) is 18.3 Å². The molecule has 0 radical (unpaired) electrons. The van der Waals surface area contributed by atoms with E-state index < -0.39 is 55.2 Å². The predicted octanol–water partition coefficient (Wildman–Crippen LogP) is 6.44. The van der Waals surface area contributed by atoms with Gasteiger partial charge in [0.05, 0.1) is 12.6 Å². The van der Waals surface area contributed by atoms with Crippen LogP contribution in [0.15, 0.2) is 58.3 Å². The molecule has 49 heavy (non-hydrogen) atoms. The highest BCUT2D eigenvalue weighted by atomic mass is 28.4. The normalized spacial score (nSPS) is 25.1. The zero-order valence-corrected chi connectivity index (χ0v) is 31.3. The summed E-state index contributed by atoms with van der Waals surface area (Å²) in [5, 5.41) is 28.1. The maximum atomic E-state index is 15.4. The first-order chi connectivity index (χ1) is 22.9. The molecule has 0 amide bonds. The number of ketones is 2. The number of aliphatic hydroxyl groups is 2. The Bertz CT molecular complexity index is 1840. The summed E-state index contributed by atoms with van der Waals surface area (Å²) < 4.78 is 19.4. The molecule has 3 aromatic rings. The van der Waals surface area contributed by atoms with Gasteiger partial charge in [0.2, 0.25) is 5.78 Å². The van der Waals surface area contributed by atoms with E-state index in [-0.39, 0.29) is 35.1 Å². The number of aliphatic hydroxyl groups excluding tert-OH is 2. The smallest absolute Gasteiger partial charge is 0.265 e. The van der Waals surface area contributed by atoms with Crippen LogP contribution in [0.5, 0.6) is 5.88 Å². The molecule has 0 aliphatic heterocycles. The van der Waals surface area contributed by atoms with Gasteiger partial charge in [-0.15, -0.1) is 0 Å². The number of carbonyl (C=O) groups excluding carboxylic acids is 2. The van der Waals surface area contributed by atoms with Crippen LogP contribution in [0.25, 0.3) is 0 Å². The first-order valence-corrected chi connectivity index (χ1v) is 19.8. The maximum absolute atomic E-state index is 15.4. The maximum Gasteiger partial charge on any atom is 0.265 e. The molecule has 10 nitrogen and oxygen atoms in total. The number of benzene rings is 2. The van der Waals surface area contributed by atoms with Crippen molar-refractivity contribution in [2.24, 2.45) is 11.3 Å². The van der Waals surface area contributed by atoms with Crippen molar-refractivity contribution in [3.63, 3.8) is 0 Å². The zero-order chi connectivity index (χ0) is 35.8. The molecule has 0 bridgehead atoms. The Hall–Kier alpha value is -3.77. The van der Waals surface area contributed by atoms with Gasteiger partial charge in [-0.25, -0.2) is 0 Å². The van der Waals surface area contributed by atoms with E-state index in [0.717, 1.165) is 22.4 Å². The SMILES string of the molecule is Cc1ccc(N(C)C)c2c1C(=O)C1=C(O)[C@]3(O[Si](C)(C)C(C)(C)C)C(=O)c4c(OCc5ccccc5)noc4[C@@H](N(C)C)[C@@H]3C[C@]1(CO)C2. The summed E-state index contributed by atoms with van der Waals surface area (Å²) in [5.41, 5.74) is 0.824. The van der Waals surface area contributed by atoms with Crippen molar-refractivity contribution in [1.29, 1.82) is 0 Å². The highest BCUT2D eigenvalue weighted by molar-refractivity contribution is 6.74. The third kappa shape index (κ3) is 5.19. The van der Waals surface area contributed by atoms with Gasteiger partial charge in [-0.2, -0.15) is 0 Å². The lowest BCUT2D eigenvalue weighted by Gasteiger charge is -2.57. The number of Topliss-reactive ketones (excluding diaryl/α,β-unsaturated/α-hetero) is 2. The van der Waals surface area contributed by atoms with Gasteiger partial charge in [0, 0.05) is 42.3 Å². The Labute approximate surface area is 289 Å². The second-order valence-corrected chi connectivity index (χ2v) is 20.7. The first-order valence-electron chi connectivity index (χ1n) is 16.9. The fraction of sp³-hybridized carbons (Fsp3) is 0.500. The summed E-state index contributed by atoms with van der Waals surface area (Å²) in [6, 6.07) is 12.8. The minimum atomic E-state index is -2.87. The van der Waals surface area contributed by atoms with Gasteiger partial charge in [-0.1, -0.05) is 57.2 Å². The Balaban J connectivity index is 1.64. The van der Waals surface area contributed by atoms with Crippen LogP contribution in [-0.4, -0.2) is 80.6 Å². The van der Waals surface area contributed by atoms with Crippen LogP contribution in [0.2, 0.25) is 18.1 Å². The number of ether oxygens (including phenoxy) is 1. The summed E-state index contributed by atoms with van der Waals surface area (Å²) in [6.07, 6.45) is 0.479. The Morgan fingerprint density at radius 3 is 2.31 bits per heavy atom. The fourth-order valence-corrected chi connectivity index (χ4v) is 9.39. The van der Waals surface area contributed by atoms with Crippen LogP contribution in [0.3, 0.4) is 0 Å². The molecule has 0 saturated carbocycles. The summed E-state index contributed by atoms with van der Waals surface area (Å²) in [4.78, 5) is 34.2. The van der Waals surface area contributed by atoms with Gasteiger partial charge in [0.1, 0.15) is 17.9 Å². The number of anilines is 1. The van der Waals surface area contributed by atoms with Crippen LogP contribution in [-0.2, 0) is 17.5 Å². The quantitative estimate of drug-likeness (QED) is 0.256. The lowest BCUT2D eigenvalue weighted by Crippen LogP contribution is -2.66. The average Bonchev–Trinajstić information content (AvgIpc) is 3.44. The lowest BCUT2D eigenvalue weighted by atomic mass is 9.52. The molecule has 6 rings (SSSR count). The van der Waals surface area contributed by atoms with E-state index in [4.69, 9.17) is 13.7 Å². The summed E-state index contributed by atoms with van der Waals surface area (Å²) in [5.74, 6) is -1.79. The number of carbonyl (C=O) groups is 2. The third-order valence-electron chi connectivity index (χ3n) is 11.4. The van der Waals surface area contributed by atoms with Crippen LogP contribution >= 0.6 is 0 Å². The first kappa shape index (κ1) is 35.1. The van der Waals surface area contributed by atoms with Gasteiger partial charge < -0.3 is 28.8 Å². The van der Waals surface area contributed by atoms with Crippen molar-refractivity contribution in [3.8, 4) is 5.88 Å². The highest BCUT2D eigenvalue weighted by Gasteiger charge is 2.69. The highest BCUT2D eigenvalue weighted by Crippen LogP contribution is 2.63. The number of rotatable bonds is 8. The molecule has 3 aliphatic carbocycles. The van der Waals surface area contributed by atoms with Gasteiger partial charge in [-0.3, -0.25) is 14.5 Å². The van der Waals surface area contributed by atoms with E-state index >= 15 is 4.79 Å². The number of aryl methyl sites for hydroxylation is 1. The van der Waals surface area contributed by atoms with E-state index in [1.165, 1.54) is 0 Å². The number of fused-ring (bicyclic) bond motifs is 4. The largest absolute Gasteiger partial charge is 0.508 e. The van der Waals surface area contributed by atoms with Crippen molar-refractivity contribution < 1.29 is 33.5 Å². The van der Waals surface area contributed by atoms with Crippen LogP contribution in [0.1, 0.15) is 76.4 Å². The van der Waals surface area contributed by atoms with E-state index in [2.05, 4.69) is 25.9 Å². The van der Waals surface area contributed by atoms with Gasteiger partial charge in [-0.05, 0) is 79.9 Å². The van der Waals surface area contributed by atoms with Gasteiger partial charge in [0.25, 0.3) is 5.88 Å². The molecule has 262 valence electrons. The molecule has 0 saturated heterocycles. The Morgan fingerprint density at radius 1 is 1.04 bits per heavy atom. The molecular formula is C38H49N3O7Si. The fourth-order valence-electron chi connectivity index (χ4n) is 7.94. The molecular weight excluding hydrogens is 639 g/mol. The van der Waals surface area contributed by atoms with Gasteiger partial charge >= 0.3 is 0 Å². The molecule has 3 aliphatic rings. The average molecular weight is 688 g/mol. The van der Waals surface area contributed by atoms with Crippen molar-refractivity contribution in [3.05, 3.63) is 87.4 Å². The monoisotopic (exact) mass is 687 g/mol. The van der Waals surface area contributed by atoms with Crippen LogP contribution < -0.4 is 9.64 Å². The van der Waals surface area contributed by atoms with Crippen molar-refractivity contribution in [1.82, 2.24) is 10.1 Å². The number of nitrogens with zero attached hydrogens (tertiary/aromatic N) is 3. The third-order valence-corrected chi connectivity index (χ3v) is 15.8. The number of hydrogen-bond donors (Lipinski definition) is 2. The molecule has 0 spiro atoms. The van der Waals surface area contributed by atoms with Crippen LogP contribution in [0.4, 0.5) is 5.69 Å². The van der Waals surface area contributed by atoms with E-state index in [1.54, 1.807) is 0 Å². The van der Waals surface area contributed by atoms with Gasteiger partial charge in [0.15, 0.2) is 25.5 Å². The molecule has 11 heteroatoms. The molecule has 2 N–H and O–H groups in total. The number of aromatic nitrogens is 1. The Morgan fingerprint density at radius 2 is 1.71 bits per heavy atom. The second-order valence-electron chi connectivity index (χ2n) is 16.0. The molecule has 0 fully saturated rings. The van der Waals surface area contributed by atoms with E-state index in [1.807, 2.05) is 100 Å². The molecule has 0 unspecified atom stereocenters. The van der Waals surface area contributed by atoms with E-state index in [0.29, 0.717) is 17.7 Å². The van der Waals surface area contributed by atoms with E-state index in [9.17, 15) is 15.0 Å². The Kier molecular flexibility index (Phi) is 8.54. The van der Waals surface area contributed by atoms with Crippen molar-refractivity contribution in [2.75, 3.05) is 39.7 Å². The molecule has 4 atom stereocenters. The lowest BCUT2D eigenvalue weighted by molar-refractivity contribution is -0.0668. The van der Waals surface area contributed by atoms with Crippen molar-refractivity contribution in [2.45, 2.75) is 76.9 Å². The summed E-state index contributed by atoms with van der Waals surface area (Å²) >= 11 is 0. The molecule has 1 heterocycles. The summed E-state index contributed by atoms with van der Waals surface area (Å²) in [6.45, 7) is 11.9. The standard InChI is InChI=1S/C38H49N3O7Si/c1-22-16-17-26(40(5)6)24-18-37(21-42)19-25-30(41(7)8)32-28(35(39-47-32)46-20-23-14-12-11-13-15-23)33(44)38(25,48-49(9,10)36(2,3)4)34(45)29(37)31(43)27(22)24/h11-17,25,30,42,45H,18-21H2,1-10H3/t25-,30-,37-,38+/m0/s1. The topological polar surface area (TPSA) is 126 Å². The predicted molar refractivity (Wildman–Crippen MR) is 190 cm³/mol. The minimum absolute atomic E-state index is 0.0101. The molecule has 2 aromatic carbocycles.